The highest BCUT2D eigenvalue weighted by Crippen LogP contribution is 2.39. The first-order valence-corrected chi connectivity index (χ1v) is 12.8. The standard InChI is InChI=1S/C27H30FN5OS/c1-30-27(21-3-7-22(28)8-4-21)26(18-29)35-19-31(2)25-10-6-20-5-9-23(17-24(20)25)33-13-11-32(12-14-33)15-16-34/h3-5,7-9,16-17,25H,1,6,10-15,19H2,2H3/b27-26-. The Morgan fingerprint density at radius 3 is 2.66 bits per heavy atom. The third-order valence-corrected chi connectivity index (χ3v) is 7.89. The zero-order chi connectivity index (χ0) is 24.8. The van der Waals surface area contributed by atoms with E-state index in [9.17, 15) is 14.4 Å². The zero-order valence-electron chi connectivity index (χ0n) is 20.0. The molecule has 1 aliphatic heterocycles. The number of fused-ring (bicyclic) bond motifs is 1. The zero-order valence-corrected chi connectivity index (χ0v) is 20.8. The molecule has 1 atom stereocenters. The SMILES string of the molecule is C=N/C(=C(/C#N)SCN(C)C1CCc2ccc(N3CCN(CC=O)CC3)cc21)c1ccc(F)cc1. The number of hydrogen-bond donors (Lipinski definition) is 0. The fourth-order valence-corrected chi connectivity index (χ4v) is 5.72. The number of carbonyl (C=O) groups excluding carboxylic acids is 1. The van der Waals surface area contributed by atoms with E-state index in [2.05, 4.69) is 57.7 Å². The Balaban J connectivity index is 1.45. The number of hydrogen-bond acceptors (Lipinski definition) is 7. The molecule has 0 bridgehead atoms. The molecule has 35 heavy (non-hydrogen) atoms. The van der Waals surface area contributed by atoms with E-state index in [1.807, 2.05) is 0 Å². The van der Waals surface area contributed by atoms with E-state index >= 15 is 0 Å². The van der Waals surface area contributed by atoms with Crippen LogP contribution in [0, 0.1) is 17.1 Å². The number of aryl methyl sites for hydroxylation is 1. The second-order valence-electron chi connectivity index (χ2n) is 8.88. The molecule has 2 aliphatic rings. The molecule has 1 unspecified atom stereocenters. The first kappa shape index (κ1) is 25.1. The van der Waals surface area contributed by atoms with E-state index in [0.29, 0.717) is 28.6 Å². The molecule has 0 amide bonds. The second-order valence-corrected chi connectivity index (χ2v) is 9.83. The van der Waals surface area contributed by atoms with Gasteiger partial charge in [-0.3, -0.25) is 14.8 Å². The molecule has 2 aromatic rings. The molecule has 1 fully saturated rings. The predicted octanol–water partition coefficient (Wildman–Crippen LogP) is 4.35. The molecule has 0 saturated carbocycles. The van der Waals surface area contributed by atoms with Gasteiger partial charge in [0, 0.05) is 43.5 Å². The van der Waals surface area contributed by atoms with Crippen LogP contribution in [0.4, 0.5) is 10.1 Å². The number of aldehydes is 1. The molecule has 2 aromatic carbocycles. The summed E-state index contributed by atoms with van der Waals surface area (Å²) in [6.07, 6.45) is 3.06. The quantitative estimate of drug-likeness (QED) is 0.225. The lowest BCUT2D eigenvalue weighted by Crippen LogP contribution is -2.46. The van der Waals surface area contributed by atoms with Crippen LogP contribution in [0.5, 0.6) is 0 Å². The summed E-state index contributed by atoms with van der Waals surface area (Å²) < 4.78 is 13.3. The summed E-state index contributed by atoms with van der Waals surface area (Å²) in [6, 6.07) is 15.3. The van der Waals surface area contributed by atoms with Crippen LogP contribution < -0.4 is 4.90 Å². The number of halogens is 1. The van der Waals surface area contributed by atoms with Gasteiger partial charge in [0.05, 0.1) is 18.1 Å². The molecule has 0 aromatic heterocycles. The summed E-state index contributed by atoms with van der Waals surface area (Å²) >= 11 is 1.43. The van der Waals surface area contributed by atoms with Crippen molar-refractivity contribution in [1.29, 1.82) is 5.26 Å². The van der Waals surface area contributed by atoms with Crippen molar-refractivity contribution in [2.24, 2.45) is 4.99 Å². The highest BCUT2D eigenvalue weighted by Gasteiger charge is 2.28. The van der Waals surface area contributed by atoms with Crippen LogP contribution in [-0.4, -0.2) is 68.5 Å². The van der Waals surface area contributed by atoms with E-state index in [0.717, 1.165) is 45.3 Å². The summed E-state index contributed by atoms with van der Waals surface area (Å²) in [7, 11) is 2.09. The third-order valence-electron chi connectivity index (χ3n) is 6.78. The molecule has 0 radical (unpaired) electrons. The first-order valence-electron chi connectivity index (χ1n) is 11.8. The Morgan fingerprint density at radius 2 is 2.00 bits per heavy atom. The predicted molar refractivity (Wildman–Crippen MR) is 141 cm³/mol. The summed E-state index contributed by atoms with van der Waals surface area (Å²) in [5, 5.41) is 9.78. The van der Waals surface area contributed by atoms with Crippen molar-refractivity contribution in [3.8, 4) is 6.07 Å². The van der Waals surface area contributed by atoms with Crippen LogP contribution in [-0.2, 0) is 11.2 Å². The van der Waals surface area contributed by atoms with Gasteiger partial charge in [-0.15, -0.1) is 0 Å². The average Bonchev–Trinajstić information content (AvgIpc) is 3.31. The van der Waals surface area contributed by atoms with Crippen LogP contribution in [0.2, 0.25) is 0 Å². The number of aliphatic imine (C=N–C) groups is 1. The van der Waals surface area contributed by atoms with Gasteiger partial charge in [-0.25, -0.2) is 4.39 Å². The van der Waals surface area contributed by atoms with Crippen LogP contribution in [0.3, 0.4) is 0 Å². The van der Waals surface area contributed by atoms with Gasteiger partial charge in [-0.2, -0.15) is 5.26 Å². The maximum Gasteiger partial charge on any atom is 0.133 e. The van der Waals surface area contributed by atoms with Crippen LogP contribution in [0.1, 0.15) is 29.2 Å². The molecule has 1 heterocycles. The monoisotopic (exact) mass is 491 g/mol. The minimum absolute atomic E-state index is 0.278. The third kappa shape index (κ3) is 5.81. The molecule has 1 saturated heterocycles. The molecule has 6 nitrogen and oxygen atoms in total. The second kappa shape index (κ2) is 11.6. The van der Waals surface area contributed by atoms with Crippen molar-refractivity contribution in [2.75, 3.05) is 50.5 Å². The first-order chi connectivity index (χ1) is 17.0. The Kier molecular flexibility index (Phi) is 8.34. The maximum atomic E-state index is 13.3. The van der Waals surface area contributed by atoms with Crippen LogP contribution in [0.25, 0.3) is 5.70 Å². The number of benzene rings is 2. The van der Waals surface area contributed by atoms with Crippen molar-refractivity contribution in [3.05, 3.63) is 69.9 Å². The van der Waals surface area contributed by atoms with Crippen LogP contribution in [0.15, 0.2) is 52.4 Å². The molecule has 0 N–H and O–H groups in total. The van der Waals surface area contributed by atoms with Gasteiger partial charge in [0.1, 0.15) is 23.1 Å². The fourth-order valence-electron chi connectivity index (χ4n) is 4.83. The number of nitriles is 1. The summed E-state index contributed by atoms with van der Waals surface area (Å²) in [6.45, 7) is 7.76. The number of piperazine rings is 1. The van der Waals surface area contributed by atoms with Gasteiger partial charge in [0.25, 0.3) is 0 Å². The molecule has 1 aliphatic carbocycles. The molecule has 182 valence electrons. The van der Waals surface area contributed by atoms with Crippen molar-refractivity contribution in [2.45, 2.75) is 18.9 Å². The van der Waals surface area contributed by atoms with Gasteiger partial charge >= 0.3 is 0 Å². The summed E-state index contributed by atoms with van der Waals surface area (Å²) in [4.78, 5) is 22.2. The Morgan fingerprint density at radius 1 is 1.26 bits per heavy atom. The Bertz CT molecular complexity index is 1140. The number of nitrogens with zero attached hydrogens (tertiary/aromatic N) is 5. The van der Waals surface area contributed by atoms with Gasteiger partial charge in [-0.05, 0) is 74.1 Å². The van der Waals surface area contributed by atoms with Crippen LogP contribution >= 0.6 is 11.8 Å². The number of carbonyl (C=O) groups is 1. The van der Waals surface area contributed by atoms with Gasteiger partial charge in [0.15, 0.2) is 0 Å². The molecular formula is C27H30FN5OS. The number of thioether (sulfide) groups is 1. The number of anilines is 1. The van der Waals surface area contributed by atoms with Gasteiger partial charge in [0.2, 0.25) is 0 Å². The molecular weight excluding hydrogens is 461 g/mol. The minimum Gasteiger partial charge on any atom is -0.369 e. The molecule has 0 spiro atoms. The van der Waals surface area contributed by atoms with E-state index < -0.39 is 0 Å². The lowest BCUT2D eigenvalue weighted by Gasteiger charge is -2.35. The lowest BCUT2D eigenvalue weighted by molar-refractivity contribution is -0.108. The minimum atomic E-state index is -0.329. The van der Waals surface area contributed by atoms with Crippen molar-refractivity contribution in [3.63, 3.8) is 0 Å². The summed E-state index contributed by atoms with van der Waals surface area (Å²) in [5.41, 5.74) is 5.12. The fraction of sp³-hybridized carbons (Fsp3) is 0.370. The van der Waals surface area contributed by atoms with E-state index in [1.54, 1.807) is 12.1 Å². The number of allylic oxidation sites excluding steroid dienone is 1. The normalized spacial score (nSPS) is 18.7. The van der Waals surface area contributed by atoms with E-state index in [-0.39, 0.29) is 11.9 Å². The highest BCUT2D eigenvalue weighted by molar-refractivity contribution is 8.03. The smallest absolute Gasteiger partial charge is 0.133 e. The van der Waals surface area contributed by atoms with Crippen molar-refractivity contribution in [1.82, 2.24) is 9.80 Å². The van der Waals surface area contributed by atoms with Gasteiger partial charge < -0.3 is 9.69 Å². The average molecular weight is 492 g/mol. The Hall–Kier alpha value is -2.99. The lowest BCUT2D eigenvalue weighted by atomic mass is 10.1. The highest BCUT2D eigenvalue weighted by atomic mass is 32.2. The van der Waals surface area contributed by atoms with E-state index in [1.165, 1.54) is 40.7 Å². The van der Waals surface area contributed by atoms with Crippen molar-refractivity contribution >= 4 is 36.1 Å². The molecule has 4 rings (SSSR count). The summed E-state index contributed by atoms with van der Waals surface area (Å²) in [5.74, 6) is 0.298. The topological polar surface area (TPSA) is 62.9 Å². The van der Waals surface area contributed by atoms with Gasteiger partial charge in [-0.1, -0.05) is 17.8 Å². The van der Waals surface area contributed by atoms with E-state index in [4.69, 9.17) is 0 Å². The van der Waals surface area contributed by atoms with Crippen molar-refractivity contribution < 1.29 is 9.18 Å². The maximum absolute atomic E-state index is 13.3. The Labute approximate surface area is 210 Å². The number of rotatable bonds is 9. The largest absolute Gasteiger partial charge is 0.369 e. The molecule has 8 heteroatoms.